The molecular weight excluding hydrogens is 847 g/mol. The Hall–Kier alpha value is -4.62. The molecule has 65 heavy (non-hydrogen) atoms. The quantitative estimate of drug-likeness (QED) is 0.0784. The van der Waals surface area contributed by atoms with Crippen molar-refractivity contribution >= 4 is 41.7 Å². The number of rotatable bonds is 13. The van der Waals surface area contributed by atoms with E-state index in [4.69, 9.17) is 33.9 Å². The number of amides is 1. The van der Waals surface area contributed by atoms with Crippen molar-refractivity contribution in [2.24, 2.45) is 5.41 Å². The summed E-state index contributed by atoms with van der Waals surface area (Å²) in [7, 11) is -0.794. The van der Waals surface area contributed by atoms with Crippen LogP contribution in [0.3, 0.4) is 0 Å². The smallest absolute Gasteiger partial charge is 0.410 e. The Labute approximate surface area is 384 Å². The van der Waals surface area contributed by atoms with Gasteiger partial charge in [0.1, 0.15) is 42.3 Å². The molecule has 7 rings (SSSR count). The third-order valence-corrected chi connectivity index (χ3v) is 19.9. The van der Waals surface area contributed by atoms with E-state index in [2.05, 4.69) is 57.9 Å². The second-order valence-corrected chi connectivity index (χ2v) is 26.3. The highest BCUT2D eigenvalue weighted by molar-refractivity contribution is 6.90. The van der Waals surface area contributed by atoms with Crippen LogP contribution >= 0.6 is 0 Å². The van der Waals surface area contributed by atoms with E-state index < -0.39 is 30.9 Å². The number of carbonyl (C=O) groups is 1. The van der Waals surface area contributed by atoms with E-state index >= 15 is 8.78 Å². The van der Waals surface area contributed by atoms with Crippen molar-refractivity contribution in [3.05, 3.63) is 47.7 Å². The molecule has 3 fully saturated rings. The van der Waals surface area contributed by atoms with Gasteiger partial charge in [0.25, 0.3) is 0 Å². The fraction of sp³-hybridized carbons (Fsp3) is 0.600. The third kappa shape index (κ3) is 10.5. The van der Waals surface area contributed by atoms with Crippen molar-refractivity contribution in [2.75, 3.05) is 71.2 Å². The topological polar surface area (TPSA) is 123 Å². The van der Waals surface area contributed by atoms with Crippen LogP contribution in [0, 0.1) is 28.5 Å². The zero-order valence-corrected chi connectivity index (χ0v) is 41.2. The lowest BCUT2D eigenvalue weighted by atomic mass is 9.94. The fourth-order valence-electron chi connectivity index (χ4n) is 10.1. The maximum absolute atomic E-state index is 17.7. The standard InChI is InChI=1S/C50H68F2N6O6Si/c1-32(2)65(33(3)4,34(5)6)24-15-37-40(51)14-13-35-25-36(63-31-61-11)26-38(41(35)37)43-42(52)44-39(27-53-43)45(58-19-12-16-49(10,60)28-58)55-46(54-44)62-30-50(17-18-50)29-56-20-22-57(23-21-56)47(59)64-48(7,8)9/h13-14,25-27,32-34,60H,12,16-23,28-31H2,1-11H3/t49-/m1/s1. The van der Waals surface area contributed by atoms with E-state index in [1.54, 1.807) is 36.2 Å². The van der Waals surface area contributed by atoms with Crippen LogP contribution < -0.4 is 14.4 Å². The predicted molar refractivity (Wildman–Crippen MR) is 254 cm³/mol. The molecular formula is C50H68F2N6O6Si. The van der Waals surface area contributed by atoms with E-state index in [9.17, 15) is 9.90 Å². The summed E-state index contributed by atoms with van der Waals surface area (Å²) in [5, 5.41) is 12.6. The SMILES string of the molecule is COCOc1cc(-c2ncc3c(N4CCC[C@@](C)(O)C4)nc(OCC4(CN5CCN(C(=O)OC(C)(C)C)CC5)CC4)nc3c2F)c2c(C#C[Si](C(C)C)(C(C)C)C(C)C)c(F)ccc2c1. The summed E-state index contributed by atoms with van der Waals surface area (Å²) >= 11 is 0. The Morgan fingerprint density at radius 1 is 0.954 bits per heavy atom. The summed E-state index contributed by atoms with van der Waals surface area (Å²) in [4.78, 5) is 33.2. The Kier molecular flexibility index (Phi) is 14.1. The largest absolute Gasteiger partial charge is 0.468 e. The molecule has 2 saturated heterocycles. The molecule has 1 aliphatic carbocycles. The summed E-state index contributed by atoms with van der Waals surface area (Å²) < 4.78 is 57.3. The molecule has 1 saturated carbocycles. The highest BCUT2D eigenvalue weighted by Gasteiger charge is 2.46. The van der Waals surface area contributed by atoms with Gasteiger partial charge in [-0.25, -0.2) is 13.6 Å². The Bertz CT molecular complexity index is 2430. The number of carbonyl (C=O) groups excluding carboxylic acids is 1. The average molecular weight is 915 g/mol. The second-order valence-electron chi connectivity index (χ2n) is 20.8. The summed E-state index contributed by atoms with van der Waals surface area (Å²) in [5.74, 6) is 2.91. The van der Waals surface area contributed by atoms with E-state index in [0.29, 0.717) is 102 Å². The van der Waals surface area contributed by atoms with E-state index in [-0.39, 0.29) is 47.6 Å². The van der Waals surface area contributed by atoms with E-state index in [1.807, 2.05) is 25.7 Å². The summed E-state index contributed by atoms with van der Waals surface area (Å²) in [5.41, 5.74) is 3.35. The van der Waals surface area contributed by atoms with Gasteiger partial charge in [-0.1, -0.05) is 53.5 Å². The van der Waals surface area contributed by atoms with Crippen molar-refractivity contribution in [1.82, 2.24) is 24.8 Å². The van der Waals surface area contributed by atoms with Crippen LogP contribution in [0.2, 0.25) is 16.6 Å². The third-order valence-electron chi connectivity index (χ3n) is 13.6. The van der Waals surface area contributed by atoms with Gasteiger partial charge in [0.2, 0.25) is 0 Å². The van der Waals surface area contributed by atoms with Crippen LogP contribution in [-0.2, 0) is 9.47 Å². The van der Waals surface area contributed by atoms with Crippen LogP contribution in [0.5, 0.6) is 11.8 Å². The molecule has 0 radical (unpaired) electrons. The Morgan fingerprint density at radius 2 is 1.65 bits per heavy atom. The molecule has 0 bridgehead atoms. The summed E-state index contributed by atoms with van der Waals surface area (Å²) in [6, 6.07) is 6.51. The number of nitrogens with zero attached hydrogens (tertiary/aromatic N) is 6. The number of aromatic nitrogens is 3. The lowest BCUT2D eigenvalue weighted by molar-refractivity contribution is 0.0119. The van der Waals surface area contributed by atoms with Gasteiger partial charge in [-0.05, 0) is 93.6 Å². The predicted octanol–water partition coefficient (Wildman–Crippen LogP) is 9.74. The van der Waals surface area contributed by atoms with Crippen molar-refractivity contribution in [3.8, 4) is 34.5 Å². The van der Waals surface area contributed by atoms with Crippen molar-refractivity contribution < 1.29 is 37.6 Å². The first-order chi connectivity index (χ1) is 30.7. The molecule has 12 nitrogen and oxygen atoms in total. The number of piperazine rings is 1. The minimum atomic E-state index is -2.31. The highest BCUT2D eigenvalue weighted by atomic mass is 28.3. The average Bonchev–Trinajstić information content (AvgIpc) is 4.00. The summed E-state index contributed by atoms with van der Waals surface area (Å²) in [6.07, 6.45) is 4.48. The van der Waals surface area contributed by atoms with Gasteiger partial charge >= 0.3 is 12.1 Å². The van der Waals surface area contributed by atoms with Crippen LogP contribution in [0.25, 0.3) is 32.9 Å². The Morgan fingerprint density at radius 3 is 2.26 bits per heavy atom. The monoisotopic (exact) mass is 914 g/mol. The highest BCUT2D eigenvalue weighted by Crippen LogP contribution is 2.47. The first kappa shape index (κ1) is 48.3. The number of benzene rings is 2. The van der Waals surface area contributed by atoms with E-state index in [1.165, 1.54) is 13.2 Å². The summed E-state index contributed by atoms with van der Waals surface area (Å²) in [6.45, 7) is 25.1. The molecule has 352 valence electrons. The number of anilines is 1. The molecule has 4 aromatic rings. The van der Waals surface area contributed by atoms with Crippen molar-refractivity contribution in [2.45, 2.75) is 123 Å². The molecule has 2 aromatic carbocycles. The number of β-amino-alcohol motifs (C(OH)–C–C–N with tert-alkyl or cyclic N) is 1. The first-order valence-corrected chi connectivity index (χ1v) is 25.5. The fourth-order valence-corrected chi connectivity index (χ4v) is 15.3. The first-order valence-electron chi connectivity index (χ1n) is 23.2. The molecule has 0 unspecified atom stereocenters. The number of piperidine rings is 1. The molecule has 4 heterocycles. The van der Waals surface area contributed by atoms with Crippen LogP contribution in [0.4, 0.5) is 19.4 Å². The van der Waals surface area contributed by atoms with E-state index in [0.717, 1.165) is 19.4 Å². The molecule has 1 amide bonds. The van der Waals surface area contributed by atoms with Crippen molar-refractivity contribution in [3.63, 3.8) is 0 Å². The van der Waals surface area contributed by atoms with Gasteiger partial charge in [-0.2, -0.15) is 9.97 Å². The Balaban J connectivity index is 1.29. The number of methoxy groups -OCH3 is 1. The zero-order chi connectivity index (χ0) is 47.1. The number of fused-ring (bicyclic) bond motifs is 2. The van der Waals surface area contributed by atoms with Gasteiger partial charge in [-0.3, -0.25) is 9.88 Å². The molecule has 1 atom stereocenters. The lowest BCUT2D eigenvalue weighted by Crippen LogP contribution is -2.51. The molecule has 0 spiro atoms. The normalized spacial score (nSPS) is 19.3. The van der Waals surface area contributed by atoms with Gasteiger partial charge in [0.15, 0.2) is 12.6 Å². The number of hydrogen-bond acceptors (Lipinski definition) is 11. The van der Waals surface area contributed by atoms with Crippen LogP contribution in [-0.4, -0.2) is 122 Å². The maximum atomic E-state index is 17.7. The van der Waals surface area contributed by atoms with Crippen LogP contribution in [0.15, 0.2) is 30.5 Å². The molecule has 3 aliphatic rings. The van der Waals surface area contributed by atoms with Crippen LogP contribution in [0.1, 0.15) is 100 Å². The minimum absolute atomic E-state index is 0.00502. The number of aliphatic hydroxyl groups is 1. The number of ether oxygens (including phenoxy) is 4. The minimum Gasteiger partial charge on any atom is -0.468 e. The van der Waals surface area contributed by atoms with Gasteiger partial charge in [0.05, 0.1) is 23.2 Å². The second kappa shape index (κ2) is 18.9. The molecule has 2 aromatic heterocycles. The van der Waals surface area contributed by atoms with Crippen molar-refractivity contribution in [1.29, 1.82) is 0 Å². The molecule has 2 aliphatic heterocycles. The number of halogens is 2. The van der Waals surface area contributed by atoms with Gasteiger partial charge < -0.3 is 33.9 Å². The number of pyridine rings is 1. The van der Waals surface area contributed by atoms with Gasteiger partial charge in [-0.15, -0.1) is 5.54 Å². The zero-order valence-electron chi connectivity index (χ0n) is 40.2. The number of hydrogen-bond donors (Lipinski definition) is 1. The van der Waals surface area contributed by atoms with Gasteiger partial charge in [0, 0.05) is 75.5 Å². The lowest BCUT2D eigenvalue weighted by Gasteiger charge is -2.38. The molecule has 1 N–H and O–H groups in total. The maximum Gasteiger partial charge on any atom is 0.410 e. The molecule has 15 heteroatoms.